The normalized spacial score (nSPS) is 17.8. The van der Waals surface area contributed by atoms with E-state index in [-0.39, 0.29) is 11.3 Å². The summed E-state index contributed by atoms with van der Waals surface area (Å²) in [6.07, 6.45) is 1.52. The zero-order chi connectivity index (χ0) is 20.3. The first kappa shape index (κ1) is 20.6. The van der Waals surface area contributed by atoms with E-state index in [1.165, 1.54) is 17.6 Å². The molecule has 0 spiro atoms. The highest BCUT2D eigenvalue weighted by atomic mass is 32.2. The van der Waals surface area contributed by atoms with Crippen LogP contribution in [0.1, 0.15) is 21.5 Å². The molecule has 3 N–H and O–H groups in total. The van der Waals surface area contributed by atoms with Gasteiger partial charge in [-0.2, -0.15) is 0 Å². The summed E-state index contributed by atoms with van der Waals surface area (Å²) in [6.45, 7) is 5.59. The molecule has 2 heterocycles. The topological polar surface area (TPSA) is 109 Å². The number of piperazine rings is 1. The van der Waals surface area contributed by atoms with Crippen LogP contribution in [0.3, 0.4) is 0 Å². The van der Waals surface area contributed by atoms with Crippen LogP contribution in [0.5, 0.6) is 5.75 Å². The Morgan fingerprint density at radius 1 is 1.32 bits per heavy atom. The predicted octanol–water partition coefficient (Wildman–Crippen LogP) is 1.22. The van der Waals surface area contributed by atoms with Crippen LogP contribution < -0.4 is 20.7 Å². The summed E-state index contributed by atoms with van der Waals surface area (Å²) in [7, 11) is -1.22. The number of rotatable bonds is 5. The van der Waals surface area contributed by atoms with E-state index < -0.39 is 28.7 Å². The molecule has 1 fully saturated rings. The van der Waals surface area contributed by atoms with Gasteiger partial charge in [0.15, 0.2) is 5.13 Å². The molecule has 1 aliphatic rings. The Bertz CT molecular complexity index is 922. The van der Waals surface area contributed by atoms with Crippen molar-refractivity contribution in [3.8, 4) is 5.75 Å². The molecular formula is C18H22N4O4S2. The van der Waals surface area contributed by atoms with Gasteiger partial charge in [0.05, 0.1) is 16.4 Å². The molecule has 28 heavy (non-hydrogen) atoms. The zero-order valence-electron chi connectivity index (χ0n) is 15.8. The fourth-order valence-electron chi connectivity index (χ4n) is 2.86. The number of carbonyl (C=O) groups is 2. The number of carbonyl (C=O) groups excluding carboxylic acids is 2. The number of aryl methyl sites for hydroxylation is 2. The van der Waals surface area contributed by atoms with Crippen molar-refractivity contribution >= 4 is 39.1 Å². The number of hydrogen-bond donors (Lipinski definition) is 3. The lowest BCUT2D eigenvalue weighted by atomic mass is 10.0. The van der Waals surface area contributed by atoms with Crippen LogP contribution in [0.25, 0.3) is 0 Å². The lowest BCUT2D eigenvalue weighted by Crippen LogP contribution is -2.53. The Morgan fingerprint density at radius 2 is 2.11 bits per heavy atom. The highest BCUT2D eigenvalue weighted by Crippen LogP contribution is 2.28. The third kappa shape index (κ3) is 4.82. The van der Waals surface area contributed by atoms with Gasteiger partial charge in [0.25, 0.3) is 5.91 Å². The Morgan fingerprint density at radius 3 is 2.75 bits per heavy atom. The lowest BCUT2D eigenvalue weighted by Gasteiger charge is -2.23. The summed E-state index contributed by atoms with van der Waals surface area (Å²) in [5, 5.41) is 11.3. The number of nitrogens with zero attached hydrogens (tertiary/aromatic N) is 1. The molecule has 0 radical (unpaired) electrons. The predicted molar refractivity (Wildman–Crippen MR) is 109 cm³/mol. The van der Waals surface area contributed by atoms with E-state index in [9.17, 15) is 13.8 Å². The van der Waals surface area contributed by atoms with Gasteiger partial charge in [-0.05, 0) is 31.0 Å². The Labute approximate surface area is 169 Å². The third-order valence-electron chi connectivity index (χ3n) is 4.19. The third-order valence-corrected chi connectivity index (χ3v) is 5.89. The van der Waals surface area contributed by atoms with Crippen molar-refractivity contribution in [2.75, 3.05) is 31.2 Å². The fraction of sp³-hybridized carbons (Fsp3) is 0.389. The van der Waals surface area contributed by atoms with Crippen LogP contribution in [-0.2, 0) is 15.6 Å². The van der Waals surface area contributed by atoms with Gasteiger partial charge in [-0.15, -0.1) is 11.3 Å². The SMILES string of the molecule is Cc1cc(C)c(OC(=O)C2CNCCN2)c(C(=O)Nc2nc(S(C)=O)cs2)c1. The van der Waals surface area contributed by atoms with Crippen LogP contribution >= 0.6 is 11.3 Å². The number of hydrogen-bond acceptors (Lipinski definition) is 8. The first-order valence-electron chi connectivity index (χ1n) is 8.72. The van der Waals surface area contributed by atoms with Crippen molar-refractivity contribution in [1.29, 1.82) is 0 Å². The first-order valence-corrected chi connectivity index (χ1v) is 11.2. The molecule has 0 saturated carbocycles. The van der Waals surface area contributed by atoms with Gasteiger partial charge in [0.2, 0.25) is 0 Å². The van der Waals surface area contributed by atoms with Gasteiger partial charge < -0.3 is 15.4 Å². The highest BCUT2D eigenvalue weighted by Gasteiger charge is 2.26. The maximum absolute atomic E-state index is 12.8. The van der Waals surface area contributed by atoms with Gasteiger partial charge in [0, 0.05) is 31.3 Å². The summed E-state index contributed by atoms with van der Waals surface area (Å²) < 4.78 is 17.1. The van der Waals surface area contributed by atoms with Crippen LogP contribution in [0.4, 0.5) is 5.13 Å². The summed E-state index contributed by atoms with van der Waals surface area (Å²) in [5.74, 6) is -0.644. The number of esters is 1. The minimum atomic E-state index is -1.22. The minimum absolute atomic E-state index is 0.233. The number of ether oxygens (including phenoxy) is 1. The Balaban J connectivity index is 1.83. The minimum Gasteiger partial charge on any atom is -0.424 e. The zero-order valence-corrected chi connectivity index (χ0v) is 17.5. The molecule has 2 aromatic rings. The van der Waals surface area contributed by atoms with Gasteiger partial charge in [-0.25, -0.2) is 9.78 Å². The van der Waals surface area contributed by atoms with E-state index in [2.05, 4.69) is 20.9 Å². The first-order chi connectivity index (χ1) is 13.3. The second-order valence-corrected chi connectivity index (χ2v) is 8.67. The van der Waals surface area contributed by atoms with Gasteiger partial charge in [0.1, 0.15) is 16.8 Å². The summed E-state index contributed by atoms with van der Waals surface area (Å²) in [4.78, 5) is 29.5. The molecule has 2 unspecified atom stereocenters. The quantitative estimate of drug-likeness (QED) is 0.491. The summed E-state index contributed by atoms with van der Waals surface area (Å²) in [6, 6.07) is 3.06. The van der Waals surface area contributed by atoms with Crippen LogP contribution in [0.15, 0.2) is 22.5 Å². The molecule has 2 atom stereocenters. The number of thiazole rings is 1. The maximum atomic E-state index is 12.8. The van der Waals surface area contributed by atoms with Crippen molar-refractivity contribution in [1.82, 2.24) is 15.6 Å². The Hall–Kier alpha value is -2.14. The molecule has 1 saturated heterocycles. The maximum Gasteiger partial charge on any atom is 0.329 e. The van der Waals surface area contributed by atoms with Crippen LogP contribution in [0.2, 0.25) is 0 Å². The van der Waals surface area contributed by atoms with Gasteiger partial charge in [-0.3, -0.25) is 14.3 Å². The number of anilines is 1. The summed E-state index contributed by atoms with van der Waals surface area (Å²) in [5.41, 5.74) is 1.81. The van der Waals surface area contributed by atoms with Crippen molar-refractivity contribution < 1.29 is 18.5 Å². The molecular weight excluding hydrogens is 400 g/mol. The second-order valence-electron chi connectivity index (χ2n) is 6.49. The smallest absolute Gasteiger partial charge is 0.329 e. The molecule has 1 amide bonds. The van der Waals surface area contributed by atoms with Gasteiger partial charge in [-0.1, -0.05) is 6.07 Å². The van der Waals surface area contributed by atoms with E-state index in [0.29, 0.717) is 28.8 Å². The number of aromatic nitrogens is 1. The standard InChI is InChI=1S/C18H22N4O4S2/c1-10-6-11(2)15(26-17(24)13-8-19-4-5-20-13)12(7-10)16(23)22-18-21-14(9-27-18)28(3)25/h6-7,9,13,19-20H,4-5,8H2,1-3H3,(H,21,22,23). The van der Waals surface area contributed by atoms with Crippen LogP contribution in [-0.4, -0.2) is 53.0 Å². The number of benzene rings is 1. The molecule has 1 aromatic carbocycles. The van der Waals surface area contributed by atoms with E-state index in [4.69, 9.17) is 4.74 Å². The molecule has 1 aromatic heterocycles. The number of nitrogens with one attached hydrogen (secondary N) is 3. The average Bonchev–Trinajstić information content (AvgIpc) is 3.13. The van der Waals surface area contributed by atoms with Crippen molar-refractivity contribution in [3.05, 3.63) is 34.2 Å². The van der Waals surface area contributed by atoms with E-state index >= 15 is 0 Å². The molecule has 150 valence electrons. The van der Waals surface area contributed by atoms with E-state index in [1.54, 1.807) is 18.4 Å². The fourth-order valence-corrected chi connectivity index (χ4v) is 4.39. The van der Waals surface area contributed by atoms with E-state index in [0.717, 1.165) is 12.1 Å². The van der Waals surface area contributed by atoms with Gasteiger partial charge >= 0.3 is 5.97 Å². The van der Waals surface area contributed by atoms with Crippen molar-refractivity contribution in [2.24, 2.45) is 0 Å². The highest BCUT2D eigenvalue weighted by molar-refractivity contribution is 7.84. The molecule has 0 aliphatic carbocycles. The van der Waals surface area contributed by atoms with Crippen molar-refractivity contribution in [2.45, 2.75) is 24.9 Å². The van der Waals surface area contributed by atoms with Crippen molar-refractivity contribution in [3.63, 3.8) is 0 Å². The lowest BCUT2D eigenvalue weighted by molar-refractivity contribution is -0.137. The largest absolute Gasteiger partial charge is 0.424 e. The molecule has 8 nitrogen and oxygen atoms in total. The Kier molecular flexibility index (Phi) is 6.55. The molecule has 1 aliphatic heterocycles. The molecule has 10 heteroatoms. The van der Waals surface area contributed by atoms with Crippen LogP contribution in [0, 0.1) is 13.8 Å². The second kappa shape index (κ2) is 8.91. The number of amides is 1. The molecule has 3 rings (SSSR count). The monoisotopic (exact) mass is 422 g/mol. The average molecular weight is 423 g/mol. The summed E-state index contributed by atoms with van der Waals surface area (Å²) >= 11 is 1.19. The van der Waals surface area contributed by atoms with E-state index in [1.807, 2.05) is 13.0 Å². The molecule has 0 bridgehead atoms.